The largest absolute Gasteiger partial charge is 0.396 e. The Morgan fingerprint density at radius 1 is 1.35 bits per heavy atom. The molecule has 0 spiro atoms. The topological polar surface area (TPSA) is 78.4 Å². The van der Waals surface area contributed by atoms with Crippen LogP contribution in [0.2, 0.25) is 5.02 Å². The third-order valence-corrected chi connectivity index (χ3v) is 3.08. The van der Waals surface area contributed by atoms with Crippen LogP contribution in [0.25, 0.3) is 0 Å². The van der Waals surface area contributed by atoms with Crippen molar-refractivity contribution in [1.29, 1.82) is 0 Å². The van der Waals surface area contributed by atoms with E-state index >= 15 is 0 Å². The highest BCUT2D eigenvalue weighted by Crippen LogP contribution is 2.22. The second kappa shape index (κ2) is 7.87. The summed E-state index contributed by atoms with van der Waals surface area (Å²) < 4.78 is 0. The van der Waals surface area contributed by atoms with E-state index in [1.54, 1.807) is 19.1 Å². The van der Waals surface area contributed by atoms with E-state index in [4.69, 9.17) is 16.7 Å². The lowest BCUT2D eigenvalue weighted by molar-refractivity contribution is -0.136. The van der Waals surface area contributed by atoms with E-state index in [9.17, 15) is 9.59 Å². The van der Waals surface area contributed by atoms with Crippen LogP contribution in [0.1, 0.15) is 25.3 Å². The van der Waals surface area contributed by atoms with Crippen molar-refractivity contribution in [3.05, 3.63) is 28.8 Å². The zero-order valence-corrected chi connectivity index (χ0v) is 12.3. The van der Waals surface area contributed by atoms with Crippen LogP contribution in [0.5, 0.6) is 0 Å². The fourth-order valence-corrected chi connectivity index (χ4v) is 1.84. The predicted octanol–water partition coefficient (Wildman–Crippen LogP) is 1.86. The Bertz CT molecular complexity index is 491. The molecule has 2 amide bonds. The van der Waals surface area contributed by atoms with Crippen LogP contribution in [-0.4, -0.2) is 29.6 Å². The summed E-state index contributed by atoms with van der Waals surface area (Å²) in [6.07, 6.45) is 1.19. The van der Waals surface area contributed by atoms with Crippen LogP contribution in [-0.2, 0) is 9.59 Å². The van der Waals surface area contributed by atoms with Crippen LogP contribution >= 0.6 is 11.6 Å². The molecular formula is C14H19ClN2O3. The van der Waals surface area contributed by atoms with Gasteiger partial charge in [-0.15, -0.1) is 0 Å². The number of hydrogen-bond acceptors (Lipinski definition) is 3. The molecule has 0 aromatic heterocycles. The van der Waals surface area contributed by atoms with Crippen molar-refractivity contribution in [3.63, 3.8) is 0 Å². The molecule has 0 aliphatic carbocycles. The van der Waals surface area contributed by atoms with Crippen LogP contribution in [0.3, 0.4) is 0 Å². The Balaban J connectivity index is 2.57. The van der Waals surface area contributed by atoms with Gasteiger partial charge in [0.15, 0.2) is 0 Å². The minimum absolute atomic E-state index is 0.0608. The molecule has 0 bridgehead atoms. The first-order chi connectivity index (χ1) is 9.43. The fraction of sp³-hybridized carbons (Fsp3) is 0.429. The first kappa shape index (κ1) is 16.5. The van der Waals surface area contributed by atoms with E-state index in [2.05, 4.69) is 10.6 Å². The van der Waals surface area contributed by atoms with Gasteiger partial charge in [-0.25, -0.2) is 0 Å². The lowest BCUT2D eigenvalue weighted by atomic mass is 10.2. The number of rotatable bonds is 5. The first-order valence-electron chi connectivity index (χ1n) is 6.43. The molecule has 1 unspecified atom stereocenters. The molecule has 0 heterocycles. The average molecular weight is 299 g/mol. The Kier molecular flexibility index (Phi) is 6.48. The van der Waals surface area contributed by atoms with Crippen molar-refractivity contribution >= 4 is 29.1 Å². The van der Waals surface area contributed by atoms with Crippen molar-refractivity contribution < 1.29 is 14.7 Å². The number of nitrogens with one attached hydrogen (secondary N) is 2. The zero-order chi connectivity index (χ0) is 15.1. The highest BCUT2D eigenvalue weighted by molar-refractivity contribution is 6.41. The maximum Gasteiger partial charge on any atom is 0.313 e. The number of aliphatic hydroxyl groups excluding tert-OH is 1. The van der Waals surface area contributed by atoms with Crippen molar-refractivity contribution in [2.75, 3.05) is 11.9 Å². The molecule has 0 fully saturated rings. The fourth-order valence-electron chi connectivity index (χ4n) is 1.67. The summed E-state index contributed by atoms with van der Waals surface area (Å²) in [7, 11) is 0. The van der Waals surface area contributed by atoms with E-state index < -0.39 is 11.8 Å². The molecule has 5 nitrogen and oxygen atoms in total. The molecule has 110 valence electrons. The van der Waals surface area contributed by atoms with Gasteiger partial charge >= 0.3 is 11.8 Å². The summed E-state index contributed by atoms with van der Waals surface area (Å²) in [5.41, 5.74) is 1.34. The lowest BCUT2D eigenvalue weighted by Gasteiger charge is -2.13. The van der Waals surface area contributed by atoms with Gasteiger partial charge in [0.1, 0.15) is 0 Å². The molecule has 1 rings (SSSR count). The van der Waals surface area contributed by atoms with Crippen LogP contribution in [0.4, 0.5) is 5.69 Å². The summed E-state index contributed by atoms with van der Waals surface area (Å²) in [5.74, 6) is -1.47. The maximum atomic E-state index is 11.8. The molecule has 1 atom stereocenters. The second-order valence-corrected chi connectivity index (χ2v) is 5.08. The molecule has 20 heavy (non-hydrogen) atoms. The Hall–Kier alpha value is -1.59. The minimum atomic E-state index is -0.756. The Morgan fingerprint density at radius 2 is 2.05 bits per heavy atom. The second-order valence-electron chi connectivity index (χ2n) is 4.68. The van der Waals surface area contributed by atoms with Gasteiger partial charge in [0, 0.05) is 12.6 Å². The lowest BCUT2D eigenvalue weighted by Crippen LogP contribution is -2.40. The number of aryl methyl sites for hydroxylation is 1. The molecule has 0 radical (unpaired) electrons. The smallest absolute Gasteiger partial charge is 0.313 e. The standard InChI is InChI=1S/C14H19ClN2O3/c1-9-5-6-11(15)12(8-9)17-14(20)13(19)16-10(2)4-3-7-18/h5-6,8,10,18H,3-4,7H2,1-2H3,(H,16,19)(H,17,20). The van der Waals surface area contributed by atoms with Gasteiger partial charge in [-0.2, -0.15) is 0 Å². The van der Waals surface area contributed by atoms with Crippen molar-refractivity contribution in [1.82, 2.24) is 5.32 Å². The number of benzene rings is 1. The number of aliphatic hydroxyl groups is 1. The van der Waals surface area contributed by atoms with E-state index in [-0.39, 0.29) is 12.6 Å². The van der Waals surface area contributed by atoms with E-state index in [0.717, 1.165) is 5.56 Å². The van der Waals surface area contributed by atoms with Crippen molar-refractivity contribution in [3.8, 4) is 0 Å². The molecule has 0 saturated carbocycles. The number of amides is 2. The summed E-state index contributed by atoms with van der Waals surface area (Å²) >= 11 is 5.95. The molecule has 1 aromatic rings. The van der Waals surface area contributed by atoms with Crippen LogP contribution in [0, 0.1) is 6.92 Å². The van der Waals surface area contributed by atoms with Gasteiger partial charge in [-0.1, -0.05) is 17.7 Å². The van der Waals surface area contributed by atoms with Crippen LogP contribution in [0.15, 0.2) is 18.2 Å². The summed E-state index contributed by atoms with van der Waals surface area (Å²) in [6, 6.07) is 5.00. The van der Waals surface area contributed by atoms with Crippen molar-refractivity contribution in [2.24, 2.45) is 0 Å². The molecule has 3 N–H and O–H groups in total. The number of carbonyl (C=O) groups is 2. The minimum Gasteiger partial charge on any atom is -0.396 e. The monoisotopic (exact) mass is 298 g/mol. The highest BCUT2D eigenvalue weighted by atomic mass is 35.5. The van der Waals surface area contributed by atoms with Gasteiger partial charge in [-0.3, -0.25) is 9.59 Å². The number of halogens is 1. The average Bonchev–Trinajstić information content (AvgIpc) is 2.40. The maximum absolute atomic E-state index is 11.8. The van der Waals surface area contributed by atoms with E-state index in [0.29, 0.717) is 23.6 Å². The Morgan fingerprint density at radius 3 is 2.70 bits per heavy atom. The Labute approximate surface area is 123 Å². The van der Waals surface area contributed by atoms with Gasteiger partial charge in [0.2, 0.25) is 0 Å². The van der Waals surface area contributed by atoms with Gasteiger partial charge in [0.25, 0.3) is 0 Å². The molecular weight excluding hydrogens is 280 g/mol. The zero-order valence-electron chi connectivity index (χ0n) is 11.6. The summed E-state index contributed by atoms with van der Waals surface area (Å²) in [5, 5.41) is 14.1. The number of carbonyl (C=O) groups excluding carboxylic acids is 2. The molecule has 0 aliphatic rings. The van der Waals surface area contributed by atoms with Gasteiger partial charge in [0.05, 0.1) is 10.7 Å². The molecule has 6 heteroatoms. The predicted molar refractivity (Wildman–Crippen MR) is 78.7 cm³/mol. The highest BCUT2D eigenvalue weighted by Gasteiger charge is 2.17. The first-order valence-corrected chi connectivity index (χ1v) is 6.80. The van der Waals surface area contributed by atoms with Gasteiger partial charge in [-0.05, 0) is 44.4 Å². The SMILES string of the molecule is Cc1ccc(Cl)c(NC(=O)C(=O)NC(C)CCCO)c1. The van der Waals surface area contributed by atoms with E-state index in [1.807, 2.05) is 13.0 Å². The third-order valence-electron chi connectivity index (χ3n) is 2.75. The summed E-state index contributed by atoms with van der Waals surface area (Å²) in [6.45, 7) is 3.70. The van der Waals surface area contributed by atoms with E-state index in [1.165, 1.54) is 0 Å². The molecule has 0 saturated heterocycles. The van der Waals surface area contributed by atoms with Crippen LogP contribution < -0.4 is 10.6 Å². The molecule has 1 aromatic carbocycles. The summed E-state index contributed by atoms with van der Waals surface area (Å²) in [4.78, 5) is 23.4. The third kappa shape index (κ3) is 5.19. The van der Waals surface area contributed by atoms with Crippen molar-refractivity contribution in [2.45, 2.75) is 32.7 Å². The quantitative estimate of drug-likeness (QED) is 0.726. The molecule has 0 aliphatic heterocycles. The number of anilines is 1. The van der Waals surface area contributed by atoms with Gasteiger partial charge < -0.3 is 15.7 Å². The number of hydrogen-bond donors (Lipinski definition) is 3. The normalized spacial score (nSPS) is 11.8.